The number of carbonyl (C=O) groups is 2. The van der Waals surface area contributed by atoms with E-state index in [9.17, 15) is 9.59 Å². The molecule has 1 amide bonds. The van der Waals surface area contributed by atoms with Crippen molar-refractivity contribution in [2.45, 2.75) is 20.3 Å². The van der Waals surface area contributed by atoms with Crippen molar-refractivity contribution in [2.75, 3.05) is 13.7 Å². The van der Waals surface area contributed by atoms with Crippen LogP contribution in [0.15, 0.2) is 16.8 Å². The molecule has 0 aliphatic rings. The number of amides is 1. The van der Waals surface area contributed by atoms with Crippen LogP contribution in [-0.2, 0) is 20.7 Å². The molecule has 5 heteroatoms. The third-order valence-electron chi connectivity index (χ3n) is 2.54. The monoisotopic (exact) mass is 255 g/mol. The lowest BCUT2D eigenvalue weighted by atomic mass is 9.92. The number of carbonyl (C=O) groups excluding carboxylic acids is 2. The van der Waals surface area contributed by atoms with Gasteiger partial charge in [-0.2, -0.15) is 11.3 Å². The molecular formula is C12H17NO3S. The van der Waals surface area contributed by atoms with Crippen LogP contribution in [-0.4, -0.2) is 25.5 Å². The van der Waals surface area contributed by atoms with Gasteiger partial charge in [-0.1, -0.05) is 0 Å². The molecule has 0 radical (unpaired) electrons. The van der Waals surface area contributed by atoms with E-state index in [2.05, 4.69) is 10.1 Å². The number of hydrogen-bond acceptors (Lipinski definition) is 4. The second kappa shape index (κ2) is 5.82. The molecule has 94 valence electrons. The van der Waals surface area contributed by atoms with Crippen LogP contribution < -0.4 is 5.32 Å². The Hall–Kier alpha value is -1.36. The lowest BCUT2D eigenvalue weighted by Crippen LogP contribution is -2.43. The molecule has 1 aromatic heterocycles. The average molecular weight is 255 g/mol. The molecule has 0 unspecified atom stereocenters. The second-order valence-corrected chi connectivity index (χ2v) is 5.03. The molecule has 0 aromatic carbocycles. The summed E-state index contributed by atoms with van der Waals surface area (Å²) in [6.07, 6.45) is 0.770. The molecule has 0 aliphatic carbocycles. The van der Waals surface area contributed by atoms with Crippen molar-refractivity contribution in [1.29, 1.82) is 0 Å². The van der Waals surface area contributed by atoms with Crippen molar-refractivity contribution in [3.8, 4) is 0 Å². The molecule has 0 bridgehead atoms. The minimum absolute atomic E-state index is 0.306. The maximum absolute atomic E-state index is 11.8. The topological polar surface area (TPSA) is 55.4 Å². The lowest BCUT2D eigenvalue weighted by molar-refractivity contribution is -0.156. The van der Waals surface area contributed by atoms with Crippen LogP contribution >= 0.6 is 11.3 Å². The Morgan fingerprint density at radius 2 is 2.18 bits per heavy atom. The Bertz CT molecular complexity index is 384. The van der Waals surface area contributed by atoms with Gasteiger partial charge in [0.1, 0.15) is 5.41 Å². The van der Waals surface area contributed by atoms with Gasteiger partial charge in [0.2, 0.25) is 5.91 Å². The van der Waals surface area contributed by atoms with Gasteiger partial charge in [-0.05, 0) is 42.7 Å². The Labute approximate surface area is 105 Å². The van der Waals surface area contributed by atoms with Gasteiger partial charge in [-0.3, -0.25) is 9.59 Å². The van der Waals surface area contributed by atoms with Crippen molar-refractivity contribution in [2.24, 2.45) is 5.41 Å². The minimum atomic E-state index is -1.14. The van der Waals surface area contributed by atoms with Crippen molar-refractivity contribution in [1.82, 2.24) is 5.32 Å². The molecule has 1 heterocycles. The minimum Gasteiger partial charge on any atom is -0.468 e. The summed E-state index contributed by atoms with van der Waals surface area (Å²) in [6.45, 7) is 3.63. The third kappa shape index (κ3) is 3.56. The smallest absolute Gasteiger partial charge is 0.320 e. The largest absolute Gasteiger partial charge is 0.468 e. The van der Waals surface area contributed by atoms with Gasteiger partial charge in [0.25, 0.3) is 0 Å². The second-order valence-electron chi connectivity index (χ2n) is 4.25. The molecule has 17 heavy (non-hydrogen) atoms. The van der Waals surface area contributed by atoms with E-state index in [1.54, 1.807) is 25.2 Å². The number of thiophene rings is 1. The van der Waals surface area contributed by atoms with Gasteiger partial charge in [0.05, 0.1) is 7.11 Å². The highest BCUT2D eigenvalue weighted by atomic mass is 32.1. The Morgan fingerprint density at radius 3 is 2.71 bits per heavy atom. The zero-order valence-electron chi connectivity index (χ0n) is 10.3. The number of rotatable bonds is 5. The highest BCUT2D eigenvalue weighted by molar-refractivity contribution is 7.07. The van der Waals surface area contributed by atoms with E-state index in [0.29, 0.717) is 6.54 Å². The van der Waals surface area contributed by atoms with Crippen molar-refractivity contribution >= 4 is 23.2 Å². The van der Waals surface area contributed by atoms with Gasteiger partial charge in [-0.25, -0.2) is 0 Å². The zero-order valence-corrected chi connectivity index (χ0v) is 11.1. The van der Waals surface area contributed by atoms with Crippen LogP contribution in [0.25, 0.3) is 0 Å². The van der Waals surface area contributed by atoms with Crippen LogP contribution in [0.1, 0.15) is 19.4 Å². The summed E-state index contributed by atoms with van der Waals surface area (Å²) in [7, 11) is 1.28. The van der Waals surface area contributed by atoms with Crippen molar-refractivity contribution < 1.29 is 14.3 Å². The van der Waals surface area contributed by atoms with Crippen LogP contribution in [0.5, 0.6) is 0 Å². The fourth-order valence-corrected chi connectivity index (χ4v) is 2.03. The summed E-state index contributed by atoms with van der Waals surface area (Å²) in [5, 5.41) is 6.78. The molecule has 4 nitrogen and oxygen atoms in total. The standard InChI is InChI=1S/C12H17NO3S/c1-12(2,11(15)16-3)10(14)13-6-4-9-5-7-17-8-9/h5,7-8H,4,6H2,1-3H3,(H,13,14). The molecule has 0 aliphatic heterocycles. The van der Waals surface area contributed by atoms with Crippen LogP contribution in [0.2, 0.25) is 0 Å². The van der Waals surface area contributed by atoms with Crippen LogP contribution in [0, 0.1) is 5.41 Å². The molecule has 0 spiro atoms. The molecule has 0 saturated carbocycles. The average Bonchev–Trinajstić information content (AvgIpc) is 2.80. The maximum Gasteiger partial charge on any atom is 0.320 e. The Kier molecular flexibility index (Phi) is 4.69. The number of ether oxygens (including phenoxy) is 1. The van der Waals surface area contributed by atoms with E-state index in [4.69, 9.17) is 0 Å². The van der Waals surface area contributed by atoms with E-state index in [1.165, 1.54) is 12.7 Å². The number of esters is 1. The first kappa shape index (κ1) is 13.7. The quantitative estimate of drug-likeness (QED) is 0.642. The summed E-state index contributed by atoms with van der Waals surface area (Å²) in [5.74, 6) is -0.829. The summed E-state index contributed by atoms with van der Waals surface area (Å²) in [6, 6.07) is 2.02. The first-order valence-electron chi connectivity index (χ1n) is 5.36. The third-order valence-corrected chi connectivity index (χ3v) is 3.27. The van der Waals surface area contributed by atoms with E-state index in [0.717, 1.165) is 6.42 Å². The fraction of sp³-hybridized carbons (Fsp3) is 0.500. The van der Waals surface area contributed by atoms with Crippen LogP contribution in [0.4, 0.5) is 0 Å². The molecule has 1 rings (SSSR count). The highest BCUT2D eigenvalue weighted by Crippen LogP contribution is 2.17. The zero-order chi connectivity index (χ0) is 12.9. The number of nitrogens with one attached hydrogen (secondary N) is 1. The fourth-order valence-electron chi connectivity index (χ4n) is 1.32. The van der Waals surface area contributed by atoms with E-state index >= 15 is 0 Å². The summed E-state index contributed by atoms with van der Waals surface area (Å²) >= 11 is 1.63. The van der Waals surface area contributed by atoms with Gasteiger partial charge in [0, 0.05) is 6.54 Å². The highest BCUT2D eigenvalue weighted by Gasteiger charge is 2.36. The predicted octanol–water partition coefficient (Wildman–Crippen LogP) is 1.61. The Morgan fingerprint density at radius 1 is 1.47 bits per heavy atom. The SMILES string of the molecule is COC(=O)C(C)(C)C(=O)NCCc1ccsc1. The van der Waals surface area contributed by atoms with E-state index in [-0.39, 0.29) is 5.91 Å². The van der Waals surface area contributed by atoms with Crippen LogP contribution in [0.3, 0.4) is 0 Å². The summed E-state index contributed by atoms with van der Waals surface area (Å²) in [4.78, 5) is 23.2. The van der Waals surface area contributed by atoms with Gasteiger partial charge < -0.3 is 10.1 Å². The lowest BCUT2D eigenvalue weighted by Gasteiger charge is -2.20. The van der Waals surface area contributed by atoms with Crippen molar-refractivity contribution in [3.05, 3.63) is 22.4 Å². The first-order chi connectivity index (χ1) is 7.98. The maximum atomic E-state index is 11.8. The molecule has 0 atom stereocenters. The number of hydrogen-bond donors (Lipinski definition) is 1. The normalized spacial score (nSPS) is 11.0. The van der Waals surface area contributed by atoms with Gasteiger partial charge in [-0.15, -0.1) is 0 Å². The summed E-state index contributed by atoms with van der Waals surface area (Å²) in [5.41, 5.74) is 0.0508. The number of methoxy groups -OCH3 is 1. The Balaban J connectivity index is 2.41. The predicted molar refractivity (Wildman–Crippen MR) is 66.8 cm³/mol. The van der Waals surface area contributed by atoms with Gasteiger partial charge in [0.15, 0.2) is 0 Å². The van der Waals surface area contributed by atoms with E-state index in [1.807, 2.05) is 16.8 Å². The van der Waals surface area contributed by atoms with Crippen molar-refractivity contribution in [3.63, 3.8) is 0 Å². The molecular weight excluding hydrogens is 238 g/mol. The molecule has 1 N–H and O–H groups in total. The molecule has 0 fully saturated rings. The first-order valence-corrected chi connectivity index (χ1v) is 6.30. The summed E-state index contributed by atoms with van der Waals surface area (Å²) < 4.78 is 4.59. The molecule has 1 aromatic rings. The van der Waals surface area contributed by atoms with E-state index < -0.39 is 11.4 Å². The van der Waals surface area contributed by atoms with Gasteiger partial charge >= 0.3 is 5.97 Å². The molecule has 0 saturated heterocycles.